The van der Waals surface area contributed by atoms with E-state index in [9.17, 15) is 14.0 Å². The number of halogens is 1. The Morgan fingerprint density at radius 3 is 2.42 bits per heavy atom. The minimum absolute atomic E-state index is 0.212. The summed E-state index contributed by atoms with van der Waals surface area (Å²) in [6.45, 7) is 2.13. The van der Waals surface area contributed by atoms with E-state index in [0.717, 1.165) is 34.0 Å². The minimum atomic E-state index is -0.572. The lowest BCUT2D eigenvalue weighted by Crippen LogP contribution is -2.38. The van der Waals surface area contributed by atoms with Crippen LogP contribution in [-0.4, -0.2) is 38.4 Å². The summed E-state index contributed by atoms with van der Waals surface area (Å²) in [4.78, 5) is 28.2. The first-order chi connectivity index (χ1) is 19.5. The molecule has 0 fully saturated rings. The molecule has 3 heterocycles. The van der Waals surface area contributed by atoms with Gasteiger partial charge in [0.15, 0.2) is 0 Å². The van der Waals surface area contributed by atoms with Crippen molar-refractivity contribution in [1.29, 1.82) is 0 Å². The molecule has 2 amide bonds. The smallest absolute Gasteiger partial charge is 0.339 e. The zero-order chi connectivity index (χ0) is 27.8. The average molecular weight is 536 g/mol. The van der Waals surface area contributed by atoms with Gasteiger partial charge in [0.2, 0.25) is 0 Å². The summed E-state index contributed by atoms with van der Waals surface area (Å²) in [5.41, 5.74) is 4.62. The molecule has 5 aromatic rings. The van der Waals surface area contributed by atoms with Crippen LogP contribution in [0.3, 0.4) is 0 Å². The van der Waals surface area contributed by atoms with Crippen LogP contribution in [-0.2, 0) is 11.3 Å². The van der Waals surface area contributed by atoms with Gasteiger partial charge in [-0.2, -0.15) is 5.10 Å². The number of nitrogens with zero attached hydrogens (tertiary/aromatic N) is 4. The molecule has 6 rings (SSSR count). The molecule has 0 unspecified atom stereocenters. The van der Waals surface area contributed by atoms with Gasteiger partial charge in [-0.15, -0.1) is 0 Å². The summed E-state index contributed by atoms with van der Waals surface area (Å²) in [6, 6.07) is 25.5. The lowest BCUT2D eigenvalue weighted by molar-refractivity contribution is 0.0602. The summed E-state index contributed by atoms with van der Waals surface area (Å²) in [5.74, 6) is -0.103. The standard InChI is InChI=1S/C31H26FN5O3/c1-20-25-19-36(31(39)33-26-12-7-6-11-24(26)30(38)40-2)28(21-14-16-22(32)17-15-21)27-13-8-18-35(27)29(25)37(34-20)23-9-4-3-5-10-23/h3-18,28H,19H2,1-2H3,(H,33,39)/t28-/m1/s1. The second-order valence-electron chi connectivity index (χ2n) is 9.49. The second kappa shape index (κ2) is 10.2. The molecule has 1 aliphatic heterocycles. The van der Waals surface area contributed by atoms with Crippen LogP contribution >= 0.6 is 0 Å². The number of urea groups is 1. The summed E-state index contributed by atoms with van der Waals surface area (Å²) >= 11 is 0. The Balaban J connectivity index is 1.52. The van der Waals surface area contributed by atoms with Crippen molar-refractivity contribution in [3.63, 3.8) is 0 Å². The highest BCUT2D eigenvalue weighted by Gasteiger charge is 2.36. The number of hydrogen-bond acceptors (Lipinski definition) is 4. The van der Waals surface area contributed by atoms with Crippen molar-refractivity contribution < 1.29 is 18.7 Å². The van der Waals surface area contributed by atoms with Gasteiger partial charge in [-0.05, 0) is 61.0 Å². The largest absolute Gasteiger partial charge is 0.465 e. The van der Waals surface area contributed by atoms with Gasteiger partial charge in [-0.25, -0.2) is 18.7 Å². The normalized spacial score (nSPS) is 14.2. The molecule has 1 atom stereocenters. The Bertz CT molecular complexity index is 1710. The van der Waals surface area contributed by atoms with Crippen LogP contribution in [0.5, 0.6) is 0 Å². The van der Waals surface area contributed by atoms with Crippen molar-refractivity contribution >= 4 is 17.7 Å². The Hall–Kier alpha value is -5.18. The number of amides is 2. The molecule has 0 radical (unpaired) electrons. The molecule has 0 bridgehead atoms. The molecule has 40 heavy (non-hydrogen) atoms. The number of nitrogens with one attached hydrogen (secondary N) is 1. The molecule has 0 saturated carbocycles. The van der Waals surface area contributed by atoms with E-state index in [1.807, 2.05) is 64.8 Å². The molecule has 1 N–H and O–H groups in total. The number of anilines is 1. The summed E-state index contributed by atoms with van der Waals surface area (Å²) in [6.07, 6.45) is 1.94. The number of hydrogen-bond donors (Lipinski definition) is 1. The summed E-state index contributed by atoms with van der Waals surface area (Å²) in [7, 11) is 1.29. The van der Waals surface area contributed by atoms with E-state index in [4.69, 9.17) is 9.84 Å². The first-order valence-electron chi connectivity index (χ1n) is 12.8. The van der Waals surface area contributed by atoms with E-state index in [1.54, 1.807) is 41.3 Å². The van der Waals surface area contributed by atoms with Gasteiger partial charge in [0.1, 0.15) is 11.6 Å². The number of para-hydroxylation sites is 2. The molecule has 9 heteroatoms. The van der Waals surface area contributed by atoms with Crippen molar-refractivity contribution in [3.8, 4) is 11.5 Å². The van der Waals surface area contributed by atoms with Gasteiger partial charge in [0.25, 0.3) is 0 Å². The van der Waals surface area contributed by atoms with Crippen LogP contribution in [0.25, 0.3) is 11.5 Å². The number of esters is 1. The van der Waals surface area contributed by atoms with Crippen molar-refractivity contribution in [3.05, 3.63) is 131 Å². The molecule has 0 aliphatic carbocycles. The number of benzene rings is 3. The topological polar surface area (TPSA) is 81.4 Å². The summed E-state index contributed by atoms with van der Waals surface area (Å²) in [5, 5.41) is 7.77. The molecular formula is C31H26FN5O3. The zero-order valence-electron chi connectivity index (χ0n) is 21.9. The van der Waals surface area contributed by atoms with Gasteiger partial charge in [0.05, 0.1) is 48.0 Å². The van der Waals surface area contributed by atoms with Crippen LogP contribution < -0.4 is 5.32 Å². The van der Waals surface area contributed by atoms with Crippen LogP contribution in [0.15, 0.2) is 97.2 Å². The second-order valence-corrected chi connectivity index (χ2v) is 9.49. The molecule has 2 aromatic heterocycles. The summed E-state index contributed by atoms with van der Waals surface area (Å²) < 4.78 is 22.8. The first kappa shape index (κ1) is 25.1. The van der Waals surface area contributed by atoms with Crippen LogP contribution in [0.4, 0.5) is 14.9 Å². The number of aryl methyl sites for hydroxylation is 1. The van der Waals surface area contributed by atoms with Crippen LogP contribution in [0.1, 0.15) is 38.9 Å². The van der Waals surface area contributed by atoms with Gasteiger partial charge in [-0.1, -0.05) is 42.5 Å². The van der Waals surface area contributed by atoms with Crippen molar-refractivity contribution in [2.45, 2.75) is 19.5 Å². The maximum atomic E-state index is 14.1. The molecule has 200 valence electrons. The average Bonchev–Trinajstić information content (AvgIpc) is 3.54. The van der Waals surface area contributed by atoms with E-state index >= 15 is 0 Å². The third kappa shape index (κ3) is 4.31. The predicted molar refractivity (Wildman–Crippen MR) is 148 cm³/mol. The molecule has 8 nitrogen and oxygen atoms in total. The van der Waals surface area contributed by atoms with Gasteiger partial charge < -0.3 is 19.5 Å². The Labute approximate surface area is 230 Å². The molecule has 0 spiro atoms. The fourth-order valence-electron chi connectivity index (χ4n) is 5.21. The van der Waals surface area contributed by atoms with E-state index in [1.165, 1.54) is 19.2 Å². The number of carbonyl (C=O) groups excluding carboxylic acids is 2. The monoisotopic (exact) mass is 535 g/mol. The van der Waals surface area contributed by atoms with E-state index in [2.05, 4.69) is 5.32 Å². The highest BCUT2D eigenvalue weighted by Crippen LogP contribution is 2.39. The minimum Gasteiger partial charge on any atom is -0.465 e. The predicted octanol–water partition coefficient (Wildman–Crippen LogP) is 6.03. The van der Waals surface area contributed by atoms with Crippen LogP contribution in [0.2, 0.25) is 0 Å². The SMILES string of the molecule is COC(=O)c1ccccc1NC(=O)N1Cc2c(C)nn(-c3ccccc3)c2-n2cccc2[C@H]1c1ccc(F)cc1. The van der Waals surface area contributed by atoms with Crippen LogP contribution in [0, 0.1) is 12.7 Å². The molecule has 1 aliphatic rings. The third-order valence-corrected chi connectivity index (χ3v) is 7.11. The Morgan fingerprint density at radius 1 is 0.950 bits per heavy atom. The fraction of sp³-hybridized carbons (Fsp3) is 0.129. The highest BCUT2D eigenvalue weighted by atomic mass is 19.1. The number of carbonyl (C=O) groups is 2. The van der Waals surface area contributed by atoms with Gasteiger partial charge >= 0.3 is 12.0 Å². The van der Waals surface area contributed by atoms with E-state index < -0.39 is 18.0 Å². The third-order valence-electron chi connectivity index (χ3n) is 7.11. The number of ether oxygens (including phenoxy) is 1. The lowest BCUT2D eigenvalue weighted by Gasteiger charge is -2.31. The number of aromatic nitrogens is 3. The van der Waals surface area contributed by atoms with E-state index in [-0.39, 0.29) is 17.9 Å². The van der Waals surface area contributed by atoms with Crippen molar-refractivity contribution in [2.24, 2.45) is 0 Å². The molecule has 0 saturated heterocycles. The number of fused-ring (bicyclic) bond motifs is 3. The fourth-order valence-corrected chi connectivity index (χ4v) is 5.21. The first-order valence-corrected chi connectivity index (χ1v) is 12.8. The number of methoxy groups -OCH3 is 1. The van der Waals surface area contributed by atoms with Crippen molar-refractivity contribution in [1.82, 2.24) is 19.2 Å². The Morgan fingerprint density at radius 2 is 1.68 bits per heavy atom. The molecular weight excluding hydrogens is 509 g/mol. The van der Waals surface area contributed by atoms with Gasteiger partial charge in [-0.3, -0.25) is 0 Å². The number of rotatable bonds is 4. The highest BCUT2D eigenvalue weighted by molar-refractivity contribution is 6.01. The van der Waals surface area contributed by atoms with Crippen molar-refractivity contribution in [2.75, 3.05) is 12.4 Å². The zero-order valence-corrected chi connectivity index (χ0v) is 21.9. The lowest BCUT2D eigenvalue weighted by atomic mass is 10.0. The maximum absolute atomic E-state index is 14.1. The molecule has 3 aromatic carbocycles. The van der Waals surface area contributed by atoms with Gasteiger partial charge in [0, 0.05) is 11.8 Å². The Kier molecular flexibility index (Phi) is 6.39. The van der Waals surface area contributed by atoms with E-state index in [0.29, 0.717) is 5.69 Å². The maximum Gasteiger partial charge on any atom is 0.339 e. The quantitative estimate of drug-likeness (QED) is 0.285.